The fourth-order valence-electron chi connectivity index (χ4n) is 3.57. The lowest BCUT2D eigenvalue weighted by atomic mass is 10.1. The number of aromatic nitrogens is 1. The average molecular weight is 474 g/mol. The minimum absolute atomic E-state index is 0.106. The van der Waals surface area contributed by atoms with Crippen molar-refractivity contribution in [2.45, 2.75) is 37.4 Å². The highest BCUT2D eigenvalue weighted by atomic mass is 35.5. The molecule has 31 heavy (non-hydrogen) atoms. The van der Waals surface area contributed by atoms with E-state index in [1.165, 1.54) is 6.92 Å². The number of thioether (sulfide) groups is 1. The lowest BCUT2D eigenvalue weighted by Gasteiger charge is -2.30. The molecule has 2 unspecified atom stereocenters. The first-order chi connectivity index (χ1) is 14.5. The molecule has 0 spiro atoms. The Morgan fingerprint density at radius 2 is 2.10 bits per heavy atom. The molecule has 2 heterocycles. The fourth-order valence-corrected chi connectivity index (χ4v) is 4.61. The number of rotatable bonds is 8. The van der Waals surface area contributed by atoms with Crippen LogP contribution in [0.3, 0.4) is 0 Å². The van der Waals surface area contributed by atoms with E-state index in [0.29, 0.717) is 29.8 Å². The second kappa shape index (κ2) is 9.26. The molecule has 0 radical (unpaired) electrons. The van der Waals surface area contributed by atoms with Gasteiger partial charge < -0.3 is 15.3 Å². The molecule has 3 rings (SSSR count). The first-order valence-corrected chi connectivity index (χ1v) is 11.2. The number of pyridine rings is 1. The van der Waals surface area contributed by atoms with Gasteiger partial charge in [0.15, 0.2) is 5.72 Å². The number of carbonyl (C=O) groups is 1. The van der Waals surface area contributed by atoms with E-state index < -0.39 is 28.6 Å². The maximum Gasteiger partial charge on any atom is 0.404 e. The lowest BCUT2D eigenvalue weighted by Crippen LogP contribution is -2.45. The van der Waals surface area contributed by atoms with E-state index in [2.05, 4.69) is 10.3 Å². The highest BCUT2D eigenvalue weighted by molar-refractivity contribution is 8.00. The molecule has 0 saturated carbocycles. The summed E-state index contributed by atoms with van der Waals surface area (Å²) in [5, 5.41) is 13.3. The Labute approximate surface area is 187 Å². The molecule has 2 atom stereocenters. The SMILES string of the molecule is CCSC(C1=CC(C)(O)N(CCCNc2ccnc3cc(Cl)ccc23)C1=O)C(F)(F)F. The Morgan fingerprint density at radius 3 is 2.77 bits per heavy atom. The monoisotopic (exact) mass is 473 g/mol. The van der Waals surface area contributed by atoms with Crippen molar-refractivity contribution in [2.24, 2.45) is 0 Å². The predicted molar refractivity (Wildman–Crippen MR) is 118 cm³/mol. The Balaban J connectivity index is 1.64. The molecule has 1 aromatic carbocycles. The Hall–Kier alpha value is -1.97. The lowest BCUT2D eigenvalue weighted by molar-refractivity contribution is -0.144. The molecule has 2 aromatic rings. The number of nitrogens with one attached hydrogen (secondary N) is 1. The molecule has 5 nitrogen and oxygen atoms in total. The largest absolute Gasteiger partial charge is 0.404 e. The molecule has 1 aromatic heterocycles. The molecule has 1 aliphatic heterocycles. The van der Waals surface area contributed by atoms with Crippen LogP contribution in [0.4, 0.5) is 18.9 Å². The number of carbonyl (C=O) groups excluding carboxylic acids is 1. The summed E-state index contributed by atoms with van der Waals surface area (Å²) in [6.45, 7) is 3.48. The third kappa shape index (κ3) is 5.27. The second-order valence-corrected chi connectivity index (χ2v) is 9.15. The number of amides is 1. The number of aliphatic hydroxyl groups is 1. The van der Waals surface area contributed by atoms with Crippen LogP contribution in [0, 0.1) is 0 Å². The van der Waals surface area contributed by atoms with Gasteiger partial charge in [0, 0.05) is 41.0 Å². The third-order valence-electron chi connectivity index (χ3n) is 4.96. The van der Waals surface area contributed by atoms with E-state index >= 15 is 0 Å². The van der Waals surface area contributed by atoms with Gasteiger partial charge in [-0.1, -0.05) is 18.5 Å². The van der Waals surface area contributed by atoms with Crippen molar-refractivity contribution in [2.75, 3.05) is 24.2 Å². The van der Waals surface area contributed by atoms with Crippen molar-refractivity contribution in [3.8, 4) is 0 Å². The number of benzene rings is 1. The molecule has 2 N–H and O–H groups in total. The maximum absolute atomic E-state index is 13.4. The van der Waals surface area contributed by atoms with Crippen LogP contribution in [-0.2, 0) is 4.79 Å². The van der Waals surface area contributed by atoms with E-state index in [0.717, 1.165) is 27.6 Å². The summed E-state index contributed by atoms with van der Waals surface area (Å²) >= 11 is 6.63. The minimum atomic E-state index is -4.57. The molecule has 0 saturated heterocycles. The molecule has 0 aliphatic carbocycles. The molecule has 0 bridgehead atoms. The number of alkyl halides is 3. The van der Waals surface area contributed by atoms with Gasteiger partial charge in [-0.3, -0.25) is 9.78 Å². The van der Waals surface area contributed by atoms with Gasteiger partial charge in [0.2, 0.25) is 0 Å². The molecule has 10 heteroatoms. The van der Waals surface area contributed by atoms with Crippen molar-refractivity contribution in [1.29, 1.82) is 0 Å². The zero-order valence-corrected chi connectivity index (χ0v) is 18.6. The average Bonchev–Trinajstić information content (AvgIpc) is 2.90. The maximum atomic E-state index is 13.4. The highest BCUT2D eigenvalue weighted by Crippen LogP contribution is 2.40. The number of anilines is 1. The van der Waals surface area contributed by atoms with E-state index in [4.69, 9.17) is 11.6 Å². The van der Waals surface area contributed by atoms with Crippen LogP contribution in [0.1, 0.15) is 20.3 Å². The minimum Gasteiger partial charge on any atom is -0.384 e. The first-order valence-electron chi connectivity index (χ1n) is 9.78. The van der Waals surface area contributed by atoms with Crippen molar-refractivity contribution in [3.05, 3.63) is 47.1 Å². The van der Waals surface area contributed by atoms with Crippen LogP contribution in [0.25, 0.3) is 10.9 Å². The summed E-state index contributed by atoms with van der Waals surface area (Å²) in [6.07, 6.45) is -1.46. The van der Waals surface area contributed by atoms with Crippen molar-refractivity contribution in [1.82, 2.24) is 9.88 Å². The van der Waals surface area contributed by atoms with Gasteiger partial charge in [-0.05, 0) is 49.4 Å². The number of halogens is 4. The molecule has 0 fully saturated rings. The van der Waals surface area contributed by atoms with Crippen LogP contribution in [0.5, 0.6) is 0 Å². The molecular formula is C21H23ClF3N3O2S. The summed E-state index contributed by atoms with van der Waals surface area (Å²) in [6, 6.07) is 7.17. The third-order valence-corrected chi connectivity index (χ3v) is 6.38. The zero-order chi connectivity index (χ0) is 22.8. The van der Waals surface area contributed by atoms with E-state index in [-0.39, 0.29) is 12.3 Å². The van der Waals surface area contributed by atoms with Gasteiger partial charge in [0.1, 0.15) is 5.25 Å². The highest BCUT2D eigenvalue weighted by Gasteiger charge is 2.50. The fraction of sp³-hybridized carbons (Fsp3) is 0.429. The smallest absolute Gasteiger partial charge is 0.384 e. The van der Waals surface area contributed by atoms with Crippen molar-refractivity contribution < 1.29 is 23.1 Å². The van der Waals surface area contributed by atoms with E-state index in [1.807, 2.05) is 12.1 Å². The number of hydrogen-bond donors (Lipinski definition) is 2. The number of nitrogens with zero attached hydrogens (tertiary/aromatic N) is 2. The normalized spacial score (nSPS) is 20.3. The zero-order valence-electron chi connectivity index (χ0n) is 17.0. The van der Waals surface area contributed by atoms with Crippen LogP contribution < -0.4 is 5.32 Å². The Kier molecular flexibility index (Phi) is 7.08. The van der Waals surface area contributed by atoms with Gasteiger partial charge in [0.25, 0.3) is 5.91 Å². The summed E-state index contributed by atoms with van der Waals surface area (Å²) in [5.41, 5.74) is -0.606. The molecule has 1 amide bonds. The Morgan fingerprint density at radius 1 is 1.35 bits per heavy atom. The first kappa shape index (κ1) is 23.7. The summed E-state index contributed by atoms with van der Waals surface area (Å²) in [5.74, 6) is -0.580. The summed E-state index contributed by atoms with van der Waals surface area (Å²) < 4.78 is 40.3. The Bertz CT molecular complexity index is 997. The summed E-state index contributed by atoms with van der Waals surface area (Å²) in [7, 11) is 0. The predicted octanol–water partition coefficient (Wildman–Crippen LogP) is 4.85. The molecule has 168 valence electrons. The van der Waals surface area contributed by atoms with Crippen molar-refractivity contribution >= 4 is 45.9 Å². The van der Waals surface area contributed by atoms with Crippen LogP contribution >= 0.6 is 23.4 Å². The van der Waals surface area contributed by atoms with Gasteiger partial charge in [-0.25, -0.2) is 0 Å². The van der Waals surface area contributed by atoms with Crippen LogP contribution in [0.15, 0.2) is 42.1 Å². The number of hydrogen-bond acceptors (Lipinski definition) is 5. The molecule has 1 aliphatic rings. The summed E-state index contributed by atoms with van der Waals surface area (Å²) in [4.78, 5) is 18.1. The van der Waals surface area contributed by atoms with Crippen LogP contribution in [-0.4, -0.2) is 56.9 Å². The molecular weight excluding hydrogens is 451 g/mol. The second-order valence-electron chi connectivity index (χ2n) is 7.33. The van der Waals surface area contributed by atoms with Gasteiger partial charge in [0.05, 0.1) is 5.52 Å². The standard InChI is InChI=1S/C21H23ClF3N3O2S/c1-3-31-18(21(23,24)25)15-12-20(2,30)28(19(15)29)10-4-8-26-16-7-9-27-17-11-13(22)5-6-14(16)17/h5-7,9,11-12,18,30H,3-4,8,10H2,1-2H3,(H,26,27). The number of fused-ring (bicyclic) bond motifs is 1. The van der Waals surface area contributed by atoms with Gasteiger partial charge in [-0.15, -0.1) is 11.8 Å². The van der Waals surface area contributed by atoms with Crippen LogP contribution in [0.2, 0.25) is 5.02 Å². The topological polar surface area (TPSA) is 65.5 Å². The quantitative estimate of drug-likeness (QED) is 0.536. The van der Waals surface area contributed by atoms with Gasteiger partial charge >= 0.3 is 6.18 Å². The van der Waals surface area contributed by atoms with Crippen molar-refractivity contribution in [3.63, 3.8) is 0 Å². The van der Waals surface area contributed by atoms with Gasteiger partial charge in [-0.2, -0.15) is 13.2 Å². The van der Waals surface area contributed by atoms with E-state index in [1.54, 1.807) is 25.3 Å². The van der Waals surface area contributed by atoms with E-state index in [9.17, 15) is 23.1 Å².